The third-order valence-corrected chi connectivity index (χ3v) is 7.35. The number of aliphatic carboxylic acids is 1. The van der Waals surface area contributed by atoms with E-state index in [2.05, 4.69) is 34.6 Å². The topological polar surface area (TPSA) is 109 Å². The van der Waals surface area contributed by atoms with Crippen molar-refractivity contribution in [1.82, 2.24) is 9.88 Å². The molecule has 1 fully saturated rings. The van der Waals surface area contributed by atoms with E-state index in [0.717, 1.165) is 28.7 Å². The Hall–Kier alpha value is -3.72. The highest BCUT2D eigenvalue weighted by Gasteiger charge is 2.31. The number of nitrogens with one attached hydrogen (secondary N) is 1. The Morgan fingerprint density at radius 2 is 1.77 bits per heavy atom. The van der Waals surface area contributed by atoms with E-state index < -0.39 is 12.1 Å². The number of nitrogens with zero attached hydrogens (tertiary/aromatic N) is 2. The van der Waals surface area contributed by atoms with E-state index in [0.29, 0.717) is 23.8 Å². The zero-order valence-corrected chi connectivity index (χ0v) is 19.8. The molecule has 0 spiro atoms. The maximum Gasteiger partial charge on any atom is 0.413 e. The zero-order valence-electron chi connectivity index (χ0n) is 19.0. The number of hydrogen-bond acceptors (Lipinski definition) is 6. The normalized spacial score (nSPS) is 16.6. The summed E-state index contributed by atoms with van der Waals surface area (Å²) < 4.78 is 5.55. The van der Waals surface area contributed by atoms with Crippen LogP contribution >= 0.6 is 11.3 Å². The lowest BCUT2D eigenvalue weighted by Gasteiger charge is -2.23. The van der Waals surface area contributed by atoms with Gasteiger partial charge in [-0.05, 0) is 35.1 Å². The van der Waals surface area contributed by atoms with E-state index in [-0.39, 0.29) is 37.3 Å². The van der Waals surface area contributed by atoms with Gasteiger partial charge < -0.3 is 14.7 Å². The molecular formula is C26H25N3O5S. The molecule has 8 nitrogen and oxygen atoms in total. The van der Waals surface area contributed by atoms with Crippen molar-refractivity contribution in [1.29, 1.82) is 0 Å². The number of carbonyl (C=O) groups is 3. The minimum Gasteiger partial charge on any atom is -0.481 e. The molecule has 3 aromatic rings. The minimum absolute atomic E-state index is 0.0307. The first kappa shape index (κ1) is 23.0. The lowest BCUT2D eigenvalue weighted by atomic mass is 9.98. The summed E-state index contributed by atoms with van der Waals surface area (Å²) in [6.45, 7) is 0.766. The smallest absolute Gasteiger partial charge is 0.413 e. The Bertz CT molecular complexity index is 1230. The SMILES string of the molecule is O=C(O)C[C@@H]1CCCN1C(=O)Cc1csc(NC(=O)OCC2c3ccccc3-c3ccccc32)n1. The highest BCUT2D eigenvalue weighted by molar-refractivity contribution is 7.13. The van der Waals surface area contributed by atoms with E-state index in [1.807, 2.05) is 24.3 Å². The predicted octanol–water partition coefficient (Wildman–Crippen LogP) is 4.51. The Balaban J connectivity index is 1.17. The van der Waals surface area contributed by atoms with E-state index in [1.165, 1.54) is 11.3 Å². The number of amides is 2. The number of carbonyl (C=O) groups excluding carboxylic acids is 2. The molecule has 1 aliphatic heterocycles. The maximum atomic E-state index is 12.7. The second-order valence-electron chi connectivity index (χ2n) is 8.75. The van der Waals surface area contributed by atoms with Crippen LogP contribution in [0.1, 0.15) is 42.0 Å². The summed E-state index contributed by atoms with van der Waals surface area (Å²) in [6.07, 6.45) is 0.926. The average Bonchev–Trinajstić information content (AvgIpc) is 3.55. The van der Waals surface area contributed by atoms with E-state index in [9.17, 15) is 14.4 Å². The largest absolute Gasteiger partial charge is 0.481 e. The van der Waals surface area contributed by atoms with Crippen LogP contribution in [0.4, 0.5) is 9.93 Å². The van der Waals surface area contributed by atoms with Gasteiger partial charge >= 0.3 is 12.1 Å². The summed E-state index contributed by atoms with van der Waals surface area (Å²) in [6, 6.07) is 16.0. The molecule has 2 aliphatic rings. The van der Waals surface area contributed by atoms with Crippen LogP contribution in [0.3, 0.4) is 0 Å². The number of thiazole rings is 1. The summed E-state index contributed by atoms with van der Waals surface area (Å²) in [5.74, 6) is -1.08. The fraction of sp³-hybridized carbons (Fsp3) is 0.308. The molecule has 5 rings (SSSR count). The Morgan fingerprint density at radius 3 is 2.46 bits per heavy atom. The Labute approximate surface area is 206 Å². The summed E-state index contributed by atoms with van der Waals surface area (Å²) in [7, 11) is 0. The van der Waals surface area contributed by atoms with Crippen LogP contribution in [0.5, 0.6) is 0 Å². The minimum atomic E-state index is -0.905. The molecule has 35 heavy (non-hydrogen) atoms. The molecule has 0 saturated carbocycles. The lowest BCUT2D eigenvalue weighted by Crippen LogP contribution is -2.37. The number of likely N-dealkylation sites (tertiary alicyclic amines) is 1. The molecule has 2 aromatic carbocycles. The molecule has 180 valence electrons. The van der Waals surface area contributed by atoms with Gasteiger partial charge in [-0.25, -0.2) is 9.78 Å². The van der Waals surface area contributed by atoms with Crippen molar-refractivity contribution in [2.24, 2.45) is 0 Å². The van der Waals surface area contributed by atoms with Crippen molar-refractivity contribution in [2.75, 3.05) is 18.5 Å². The van der Waals surface area contributed by atoms with Crippen LogP contribution < -0.4 is 5.32 Å². The summed E-state index contributed by atoms with van der Waals surface area (Å²) in [4.78, 5) is 42.2. The lowest BCUT2D eigenvalue weighted by molar-refractivity contribution is -0.139. The van der Waals surface area contributed by atoms with Crippen LogP contribution in [-0.4, -0.2) is 52.2 Å². The number of carboxylic acids is 1. The molecule has 0 unspecified atom stereocenters. The molecule has 1 aliphatic carbocycles. The monoisotopic (exact) mass is 491 g/mol. The summed E-state index contributed by atoms with van der Waals surface area (Å²) in [5, 5.41) is 13.8. The first-order valence-corrected chi connectivity index (χ1v) is 12.4. The quantitative estimate of drug-likeness (QED) is 0.503. The molecule has 0 radical (unpaired) electrons. The molecule has 9 heteroatoms. The highest BCUT2D eigenvalue weighted by atomic mass is 32.1. The fourth-order valence-electron chi connectivity index (χ4n) is 5.00. The number of carboxylic acid groups (broad SMARTS) is 1. The van der Waals surface area contributed by atoms with Crippen molar-refractivity contribution >= 4 is 34.4 Å². The molecule has 2 amide bonds. The van der Waals surface area contributed by atoms with Gasteiger partial charge in [-0.2, -0.15) is 0 Å². The van der Waals surface area contributed by atoms with Crippen LogP contribution in [0, 0.1) is 0 Å². The third kappa shape index (κ3) is 4.90. The van der Waals surface area contributed by atoms with Crippen molar-refractivity contribution in [3.8, 4) is 11.1 Å². The van der Waals surface area contributed by atoms with E-state index >= 15 is 0 Å². The Morgan fingerprint density at radius 1 is 1.09 bits per heavy atom. The van der Waals surface area contributed by atoms with Gasteiger partial charge in [0.25, 0.3) is 0 Å². The Kier molecular flexibility index (Phi) is 6.50. The third-order valence-electron chi connectivity index (χ3n) is 6.54. The maximum absolute atomic E-state index is 12.7. The number of anilines is 1. The number of hydrogen-bond donors (Lipinski definition) is 2. The van der Waals surface area contributed by atoms with Crippen molar-refractivity contribution in [3.05, 3.63) is 70.7 Å². The van der Waals surface area contributed by atoms with Gasteiger partial charge in [-0.15, -0.1) is 11.3 Å². The van der Waals surface area contributed by atoms with Crippen molar-refractivity contribution in [3.63, 3.8) is 0 Å². The van der Waals surface area contributed by atoms with Gasteiger partial charge in [0.2, 0.25) is 5.91 Å². The van der Waals surface area contributed by atoms with Crippen LogP contribution in [0.25, 0.3) is 11.1 Å². The van der Waals surface area contributed by atoms with Crippen LogP contribution in [0.15, 0.2) is 53.9 Å². The van der Waals surface area contributed by atoms with Gasteiger partial charge in [0.1, 0.15) is 6.61 Å². The van der Waals surface area contributed by atoms with Crippen LogP contribution in [0.2, 0.25) is 0 Å². The molecule has 1 aromatic heterocycles. The average molecular weight is 492 g/mol. The number of aromatic nitrogens is 1. The molecule has 2 N–H and O–H groups in total. The van der Waals surface area contributed by atoms with Gasteiger partial charge in [0, 0.05) is 23.9 Å². The molecule has 0 bridgehead atoms. The van der Waals surface area contributed by atoms with Gasteiger partial charge in [-0.1, -0.05) is 48.5 Å². The van der Waals surface area contributed by atoms with Crippen LogP contribution in [-0.2, 0) is 20.7 Å². The van der Waals surface area contributed by atoms with Gasteiger partial charge in [0.05, 0.1) is 18.5 Å². The van der Waals surface area contributed by atoms with Crippen molar-refractivity contribution in [2.45, 2.75) is 37.6 Å². The fourth-order valence-corrected chi connectivity index (χ4v) is 5.70. The number of rotatable bonds is 7. The molecule has 1 atom stereocenters. The zero-order chi connectivity index (χ0) is 24.4. The highest BCUT2D eigenvalue weighted by Crippen LogP contribution is 2.44. The second kappa shape index (κ2) is 9.87. The first-order chi connectivity index (χ1) is 17.0. The van der Waals surface area contributed by atoms with Gasteiger partial charge in [-0.3, -0.25) is 14.9 Å². The number of benzene rings is 2. The summed E-state index contributed by atoms with van der Waals surface area (Å²) >= 11 is 1.22. The standard InChI is InChI=1S/C26H25N3O5S/c30-23(29-11-5-6-17(29)13-24(31)32)12-16-15-35-25(27-16)28-26(33)34-14-22-20-9-3-1-7-18(20)19-8-2-4-10-21(19)22/h1-4,7-10,15,17,22H,5-6,11-14H2,(H,31,32)(H,27,28,33)/t17-/m0/s1. The predicted molar refractivity (Wildman–Crippen MR) is 131 cm³/mol. The van der Waals surface area contributed by atoms with E-state index in [1.54, 1.807) is 10.3 Å². The molecular weight excluding hydrogens is 466 g/mol. The van der Waals surface area contributed by atoms with E-state index in [4.69, 9.17) is 9.84 Å². The van der Waals surface area contributed by atoms with Gasteiger partial charge in [0.15, 0.2) is 5.13 Å². The van der Waals surface area contributed by atoms with Crippen molar-refractivity contribution < 1.29 is 24.2 Å². The number of fused-ring (bicyclic) bond motifs is 3. The molecule has 2 heterocycles. The number of ether oxygens (including phenoxy) is 1. The summed E-state index contributed by atoms with van der Waals surface area (Å²) in [5.41, 5.74) is 5.14. The molecule has 1 saturated heterocycles. The first-order valence-electron chi connectivity index (χ1n) is 11.6. The second-order valence-corrected chi connectivity index (χ2v) is 9.61.